The summed E-state index contributed by atoms with van der Waals surface area (Å²) in [6.45, 7) is 7.72. The first kappa shape index (κ1) is 25.3. The van der Waals surface area contributed by atoms with E-state index in [-0.39, 0.29) is 41.0 Å². The molecule has 1 amide bonds. The predicted octanol–water partition coefficient (Wildman–Crippen LogP) is 5.24. The summed E-state index contributed by atoms with van der Waals surface area (Å²) >= 11 is 6.17. The minimum Gasteiger partial charge on any atom is -0.352 e. The highest BCUT2D eigenvalue weighted by Gasteiger charge is 2.18. The van der Waals surface area contributed by atoms with Crippen molar-refractivity contribution in [1.82, 2.24) is 19.9 Å². The van der Waals surface area contributed by atoms with E-state index < -0.39 is 0 Å². The standard InChI is InChI=1S/C28H27ClN4O3/c1-16(2)19-6-5-7-20(10-19)27-32-26-24(28(36)33(27)14-25(35)31-17(3)4)12-22(13-30-26)21-8-18(15-34)9-23(29)11-21/h5-13,15-17H,14H2,1-4H3,(H,31,35). The van der Waals surface area contributed by atoms with Crippen molar-refractivity contribution >= 4 is 34.8 Å². The molecule has 0 aliphatic heterocycles. The van der Waals surface area contributed by atoms with Gasteiger partial charge in [0.1, 0.15) is 18.7 Å². The van der Waals surface area contributed by atoms with E-state index in [1.165, 1.54) is 4.57 Å². The van der Waals surface area contributed by atoms with E-state index in [4.69, 9.17) is 16.6 Å². The molecule has 36 heavy (non-hydrogen) atoms. The summed E-state index contributed by atoms with van der Waals surface area (Å²) in [6.07, 6.45) is 2.31. The lowest BCUT2D eigenvalue weighted by molar-refractivity contribution is -0.122. The molecule has 8 heteroatoms. The van der Waals surface area contributed by atoms with Crippen molar-refractivity contribution in [2.45, 2.75) is 46.2 Å². The van der Waals surface area contributed by atoms with E-state index in [1.807, 2.05) is 38.1 Å². The molecule has 0 spiro atoms. The van der Waals surface area contributed by atoms with Gasteiger partial charge in [-0.3, -0.25) is 19.0 Å². The second kappa shape index (κ2) is 10.4. The van der Waals surface area contributed by atoms with Crippen LogP contribution < -0.4 is 10.9 Å². The van der Waals surface area contributed by atoms with Crippen molar-refractivity contribution < 1.29 is 9.59 Å². The van der Waals surface area contributed by atoms with Crippen LogP contribution >= 0.6 is 11.6 Å². The maximum absolute atomic E-state index is 13.8. The lowest BCUT2D eigenvalue weighted by Crippen LogP contribution is -2.37. The molecule has 7 nitrogen and oxygen atoms in total. The molecule has 0 aliphatic carbocycles. The van der Waals surface area contributed by atoms with Crippen molar-refractivity contribution in [3.8, 4) is 22.5 Å². The number of amides is 1. The predicted molar refractivity (Wildman–Crippen MR) is 142 cm³/mol. The number of benzene rings is 2. The Bertz CT molecular complexity index is 1530. The molecule has 0 atom stereocenters. The van der Waals surface area contributed by atoms with Gasteiger partial charge in [0.2, 0.25) is 5.91 Å². The molecule has 0 unspecified atom stereocenters. The van der Waals surface area contributed by atoms with E-state index in [0.717, 1.165) is 11.1 Å². The number of rotatable bonds is 7. The average Bonchev–Trinajstić information content (AvgIpc) is 2.84. The van der Waals surface area contributed by atoms with E-state index in [2.05, 4.69) is 24.1 Å². The number of hydrogen-bond acceptors (Lipinski definition) is 5. The maximum atomic E-state index is 13.8. The zero-order chi connectivity index (χ0) is 26.0. The molecule has 2 heterocycles. The Morgan fingerprint density at radius 2 is 1.83 bits per heavy atom. The monoisotopic (exact) mass is 502 g/mol. The summed E-state index contributed by atoms with van der Waals surface area (Å²) in [7, 11) is 0. The van der Waals surface area contributed by atoms with Crippen molar-refractivity contribution in [2.75, 3.05) is 0 Å². The Morgan fingerprint density at radius 3 is 2.53 bits per heavy atom. The number of nitrogens with one attached hydrogen (secondary N) is 1. The number of pyridine rings is 1. The molecule has 184 valence electrons. The van der Waals surface area contributed by atoms with Crippen LogP contribution in [0.15, 0.2) is 59.5 Å². The highest BCUT2D eigenvalue weighted by atomic mass is 35.5. The lowest BCUT2D eigenvalue weighted by Gasteiger charge is -2.16. The summed E-state index contributed by atoms with van der Waals surface area (Å²) in [5.74, 6) is 0.369. The van der Waals surface area contributed by atoms with Crippen LogP contribution in [-0.2, 0) is 11.3 Å². The minimum atomic E-state index is -0.379. The van der Waals surface area contributed by atoms with Crippen LogP contribution in [-0.4, -0.2) is 32.8 Å². The Labute approximate surface area is 214 Å². The molecule has 0 saturated carbocycles. The van der Waals surface area contributed by atoms with Crippen LogP contribution in [0, 0.1) is 0 Å². The highest BCUT2D eigenvalue weighted by molar-refractivity contribution is 6.31. The molecule has 4 rings (SSSR count). The van der Waals surface area contributed by atoms with Gasteiger partial charge in [-0.2, -0.15) is 0 Å². The summed E-state index contributed by atoms with van der Waals surface area (Å²) in [6, 6.07) is 14.3. The fourth-order valence-electron chi connectivity index (χ4n) is 4.03. The Morgan fingerprint density at radius 1 is 1.06 bits per heavy atom. The third-order valence-electron chi connectivity index (χ3n) is 5.76. The van der Waals surface area contributed by atoms with E-state index >= 15 is 0 Å². The third kappa shape index (κ3) is 5.36. The minimum absolute atomic E-state index is 0.0718. The van der Waals surface area contributed by atoms with Crippen LogP contribution in [0.1, 0.15) is 49.5 Å². The summed E-state index contributed by atoms with van der Waals surface area (Å²) < 4.78 is 1.39. The quantitative estimate of drug-likeness (QED) is 0.349. The van der Waals surface area contributed by atoms with E-state index in [0.29, 0.717) is 33.8 Å². The second-order valence-electron chi connectivity index (χ2n) is 9.32. The summed E-state index contributed by atoms with van der Waals surface area (Å²) in [5, 5.41) is 3.51. The van der Waals surface area contributed by atoms with Gasteiger partial charge >= 0.3 is 0 Å². The number of halogens is 1. The van der Waals surface area contributed by atoms with Crippen molar-refractivity contribution in [3.05, 3.63) is 81.2 Å². The first-order valence-electron chi connectivity index (χ1n) is 11.7. The lowest BCUT2D eigenvalue weighted by atomic mass is 10.0. The Hall–Kier alpha value is -3.84. The smallest absolute Gasteiger partial charge is 0.263 e. The van der Waals surface area contributed by atoms with Gasteiger partial charge in [-0.05, 0) is 61.2 Å². The zero-order valence-electron chi connectivity index (χ0n) is 20.6. The van der Waals surface area contributed by atoms with Crippen molar-refractivity contribution in [1.29, 1.82) is 0 Å². The number of fused-ring (bicyclic) bond motifs is 1. The number of carbonyl (C=O) groups is 2. The number of hydrogen-bond donors (Lipinski definition) is 1. The van der Waals surface area contributed by atoms with Gasteiger partial charge in [0.25, 0.3) is 5.56 Å². The molecule has 2 aromatic carbocycles. The molecular formula is C28H27ClN4O3. The fraction of sp³-hybridized carbons (Fsp3) is 0.250. The molecular weight excluding hydrogens is 476 g/mol. The molecule has 0 aliphatic rings. The first-order valence-corrected chi connectivity index (χ1v) is 12.1. The van der Waals surface area contributed by atoms with E-state index in [9.17, 15) is 14.4 Å². The van der Waals surface area contributed by atoms with Gasteiger partial charge in [0.15, 0.2) is 5.65 Å². The van der Waals surface area contributed by atoms with Crippen LogP contribution in [0.25, 0.3) is 33.5 Å². The van der Waals surface area contributed by atoms with Crippen molar-refractivity contribution in [3.63, 3.8) is 0 Å². The molecule has 0 bridgehead atoms. The highest BCUT2D eigenvalue weighted by Crippen LogP contribution is 2.27. The van der Waals surface area contributed by atoms with Gasteiger partial charge < -0.3 is 5.32 Å². The van der Waals surface area contributed by atoms with Gasteiger partial charge in [0.05, 0.1) is 5.39 Å². The second-order valence-corrected chi connectivity index (χ2v) is 9.75. The number of aldehydes is 1. The number of carbonyl (C=O) groups excluding carboxylic acids is 2. The number of nitrogens with zero attached hydrogens (tertiary/aromatic N) is 3. The summed E-state index contributed by atoms with van der Waals surface area (Å²) in [4.78, 5) is 46.9. The van der Waals surface area contributed by atoms with E-state index in [1.54, 1.807) is 30.5 Å². The maximum Gasteiger partial charge on any atom is 0.263 e. The van der Waals surface area contributed by atoms with Gasteiger partial charge in [0, 0.05) is 34.0 Å². The molecule has 4 aromatic rings. The van der Waals surface area contributed by atoms with Crippen LogP contribution in [0.3, 0.4) is 0 Å². The van der Waals surface area contributed by atoms with Crippen LogP contribution in [0.4, 0.5) is 0 Å². The average molecular weight is 503 g/mol. The van der Waals surface area contributed by atoms with Crippen molar-refractivity contribution in [2.24, 2.45) is 0 Å². The first-order chi connectivity index (χ1) is 17.2. The largest absolute Gasteiger partial charge is 0.352 e. The van der Waals surface area contributed by atoms with Crippen LogP contribution in [0.5, 0.6) is 0 Å². The fourth-order valence-corrected chi connectivity index (χ4v) is 4.27. The molecule has 2 aromatic heterocycles. The van der Waals surface area contributed by atoms with Gasteiger partial charge in [-0.25, -0.2) is 9.97 Å². The molecule has 1 N–H and O–H groups in total. The molecule has 0 fully saturated rings. The SMILES string of the molecule is CC(C)NC(=O)Cn1c(-c2cccc(C(C)C)c2)nc2ncc(-c3cc(Cl)cc(C=O)c3)cc2c1=O. The third-order valence-corrected chi connectivity index (χ3v) is 5.98. The van der Waals surface area contributed by atoms with Crippen LogP contribution in [0.2, 0.25) is 5.02 Å². The van der Waals surface area contributed by atoms with Gasteiger partial charge in [-0.15, -0.1) is 0 Å². The summed E-state index contributed by atoms with van der Waals surface area (Å²) in [5.41, 5.74) is 3.39. The number of aromatic nitrogens is 3. The molecule has 0 saturated heterocycles. The topological polar surface area (TPSA) is 93.9 Å². The zero-order valence-corrected chi connectivity index (χ0v) is 21.3. The normalized spacial score (nSPS) is 11.3. The Balaban J connectivity index is 1.93. The molecule has 0 radical (unpaired) electrons. The Kier molecular flexibility index (Phi) is 7.31. The van der Waals surface area contributed by atoms with Gasteiger partial charge in [-0.1, -0.05) is 43.6 Å².